The lowest BCUT2D eigenvalue weighted by molar-refractivity contribution is 0.399. The minimum absolute atomic E-state index is 0. The first kappa shape index (κ1) is 13.9. The third-order valence-corrected chi connectivity index (χ3v) is 2.08. The molecule has 0 radical (unpaired) electrons. The van der Waals surface area contributed by atoms with Crippen LogP contribution >= 0.6 is 0 Å². The van der Waals surface area contributed by atoms with Crippen LogP contribution in [0.25, 0.3) is 0 Å². The van der Waals surface area contributed by atoms with Crippen molar-refractivity contribution in [3.05, 3.63) is 23.4 Å². The second kappa shape index (κ2) is 6.40. The highest BCUT2D eigenvalue weighted by Crippen LogP contribution is 2.08. The molecule has 1 aromatic rings. The normalized spacial score (nSPS) is 10.1. The molecule has 0 aliphatic rings. The first-order valence-corrected chi connectivity index (χ1v) is 4.95. The highest BCUT2D eigenvalue weighted by molar-refractivity contribution is 5.34. The zero-order valence-electron chi connectivity index (χ0n) is 9.25. The van der Waals surface area contributed by atoms with Gasteiger partial charge in [-0.25, -0.2) is 4.98 Å². The lowest BCUT2D eigenvalue weighted by Gasteiger charge is -2.09. The predicted octanol–water partition coefficient (Wildman–Crippen LogP) is 2.10. The molecule has 0 unspecified atom stereocenters. The fourth-order valence-electron chi connectivity index (χ4n) is 1.47. The molecule has 0 atom stereocenters. The number of nitrogens with two attached hydrogens (primary N) is 1. The van der Waals surface area contributed by atoms with Crippen LogP contribution < -0.4 is 5.73 Å². The molecule has 0 spiro atoms. The van der Waals surface area contributed by atoms with Crippen LogP contribution in [-0.4, -0.2) is 30.5 Å². The summed E-state index contributed by atoms with van der Waals surface area (Å²) in [5.74, 6) is 0.629. The second-order valence-electron chi connectivity index (χ2n) is 3.97. The fourth-order valence-corrected chi connectivity index (χ4v) is 1.47. The van der Waals surface area contributed by atoms with Gasteiger partial charge in [0.2, 0.25) is 0 Å². The van der Waals surface area contributed by atoms with Gasteiger partial charge in [0.05, 0.1) is 0 Å². The number of rotatable bonds is 4. The maximum absolute atomic E-state index is 5.67. The van der Waals surface area contributed by atoms with Gasteiger partial charge in [0.15, 0.2) is 0 Å². The van der Waals surface area contributed by atoms with E-state index in [4.69, 9.17) is 5.73 Å². The lowest BCUT2D eigenvalue weighted by Crippen LogP contribution is -2.13. The van der Waals surface area contributed by atoms with Crippen LogP contribution in [0.5, 0.6) is 0 Å². The minimum Gasteiger partial charge on any atom is -0.384 e. The maximum Gasteiger partial charge on any atom is 0.123 e. The second-order valence-corrected chi connectivity index (χ2v) is 3.97. The summed E-state index contributed by atoms with van der Waals surface area (Å²) in [6.07, 6.45) is 2.13. The molecule has 0 fully saturated rings. The Morgan fingerprint density at radius 3 is 2.53 bits per heavy atom. The molecule has 15 heavy (non-hydrogen) atoms. The number of hydrogen-bond acceptors (Lipinski definition) is 3. The van der Waals surface area contributed by atoms with Gasteiger partial charge in [-0.3, -0.25) is 0 Å². The van der Waals surface area contributed by atoms with E-state index in [1.165, 1.54) is 5.56 Å². The van der Waals surface area contributed by atoms with Gasteiger partial charge in [-0.2, -0.15) is 0 Å². The number of aryl methyl sites for hydroxylation is 2. The van der Waals surface area contributed by atoms with E-state index >= 15 is 0 Å². The van der Waals surface area contributed by atoms with E-state index in [-0.39, 0.29) is 7.43 Å². The topological polar surface area (TPSA) is 42.1 Å². The van der Waals surface area contributed by atoms with Gasteiger partial charge >= 0.3 is 0 Å². The van der Waals surface area contributed by atoms with Gasteiger partial charge in [0, 0.05) is 5.69 Å². The predicted molar refractivity (Wildman–Crippen MR) is 67.0 cm³/mol. The standard InChI is InChI=1S/C11H19N3.CH4/c1-9-7-10(13-11(12)8-9)5-4-6-14(2)3;/h7-8H,4-6H2,1-3H3,(H2,12,13);1H4. The summed E-state index contributed by atoms with van der Waals surface area (Å²) in [6, 6.07) is 4.00. The fraction of sp³-hybridized carbons (Fsp3) is 0.583. The van der Waals surface area contributed by atoms with Crippen molar-refractivity contribution >= 4 is 5.82 Å². The Morgan fingerprint density at radius 1 is 1.33 bits per heavy atom. The Balaban J connectivity index is 0.00000196. The van der Waals surface area contributed by atoms with Gasteiger partial charge in [-0.05, 0) is 58.1 Å². The molecule has 0 aromatic carbocycles. The average Bonchev–Trinajstić information content (AvgIpc) is 2.01. The molecule has 0 saturated carbocycles. The summed E-state index contributed by atoms with van der Waals surface area (Å²) in [5, 5.41) is 0. The number of anilines is 1. The number of nitrogens with zero attached hydrogens (tertiary/aromatic N) is 2. The number of hydrogen-bond donors (Lipinski definition) is 1. The quantitative estimate of drug-likeness (QED) is 0.825. The van der Waals surface area contributed by atoms with E-state index in [2.05, 4.69) is 30.0 Å². The first-order valence-electron chi connectivity index (χ1n) is 4.95. The molecule has 1 aromatic heterocycles. The zero-order chi connectivity index (χ0) is 10.6. The smallest absolute Gasteiger partial charge is 0.123 e. The summed E-state index contributed by atoms with van der Waals surface area (Å²) >= 11 is 0. The van der Waals surface area contributed by atoms with Crippen molar-refractivity contribution in [3.8, 4) is 0 Å². The van der Waals surface area contributed by atoms with Crippen LogP contribution in [0.15, 0.2) is 12.1 Å². The lowest BCUT2D eigenvalue weighted by atomic mass is 10.1. The van der Waals surface area contributed by atoms with Crippen molar-refractivity contribution in [2.75, 3.05) is 26.4 Å². The molecular formula is C12H23N3. The van der Waals surface area contributed by atoms with Crippen LogP contribution in [0.4, 0.5) is 5.82 Å². The largest absolute Gasteiger partial charge is 0.384 e. The number of nitrogen functional groups attached to an aromatic ring is 1. The Hall–Kier alpha value is -1.09. The maximum atomic E-state index is 5.67. The number of aromatic nitrogens is 1. The summed E-state index contributed by atoms with van der Waals surface area (Å²) in [5.41, 5.74) is 7.96. The van der Waals surface area contributed by atoms with E-state index < -0.39 is 0 Å². The summed E-state index contributed by atoms with van der Waals surface area (Å²) in [6.45, 7) is 3.14. The SMILES string of the molecule is C.Cc1cc(N)nc(CCCN(C)C)c1. The highest BCUT2D eigenvalue weighted by Gasteiger charge is 1.98. The minimum atomic E-state index is 0. The van der Waals surface area contributed by atoms with Crippen molar-refractivity contribution < 1.29 is 0 Å². The van der Waals surface area contributed by atoms with Crippen molar-refractivity contribution in [3.63, 3.8) is 0 Å². The van der Waals surface area contributed by atoms with Crippen molar-refractivity contribution in [1.82, 2.24) is 9.88 Å². The van der Waals surface area contributed by atoms with E-state index in [1.54, 1.807) is 0 Å². The van der Waals surface area contributed by atoms with Crippen LogP contribution in [0.2, 0.25) is 0 Å². The molecule has 0 aliphatic carbocycles. The highest BCUT2D eigenvalue weighted by atomic mass is 15.0. The molecule has 3 nitrogen and oxygen atoms in total. The molecule has 0 aliphatic heterocycles. The summed E-state index contributed by atoms with van der Waals surface area (Å²) in [7, 11) is 4.16. The van der Waals surface area contributed by atoms with E-state index in [1.807, 2.05) is 13.0 Å². The Bertz CT molecular complexity index is 275. The molecule has 0 saturated heterocycles. The van der Waals surface area contributed by atoms with E-state index in [0.717, 1.165) is 25.1 Å². The number of pyridine rings is 1. The van der Waals surface area contributed by atoms with Crippen molar-refractivity contribution in [1.29, 1.82) is 0 Å². The van der Waals surface area contributed by atoms with Gasteiger partial charge < -0.3 is 10.6 Å². The average molecular weight is 209 g/mol. The van der Waals surface area contributed by atoms with Gasteiger partial charge in [0.25, 0.3) is 0 Å². The molecule has 0 bridgehead atoms. The summed E-state index contributed by atoms with van der Waals surface area (Å²) in [4.78, 5) is 6.47. The molecule has 2 N–H and O–H groups in total. The van der Waals surface area contributed by atoms with Crippen molar-refractivity contribution in [2.45, 2.75) is 27.2 Å². The van der Waals surface area contributed by atoms with Crippen LogP contribution in [0, 0.1) is 6.92 Å². The summed E-state index contributed by atoms with van der Waals surface area (Å²) < 4.78 is 0. The third kappa shape index (κ3) is 5.37. The molecule has 0 amide bonds. The van der Waals surface area contributed by atoms with E-state index in [9.17, 15) is 0 Å². The Morgan fingerprint density at radius 2 is 2.00 bits per heavy atom. The molecule has 86 valence electrons. The van der Waals surface area contributed by atoms with Crippen molar-refractivity contribution in [2.24, 2.45) is 0 Å². The zero-order valence-corrected chi connectivity index (χ0v) is 9.25. The Kier molecular flexibility index (Phi) is 5.94. The molecular weight excluding hydrogens is 186 g/mol. The van der Waals surface area contributed by atoms with Gasteiger partial charge in [0.1, 0.15) is 5.82 Å². The Labute approximate surface area is 93.3 Å². The van der Waals surface area contributed by atoms with Gasteiger partial charge in [-0.15, -0.1) is 0 Å². The van der Waals surface area contributed by atoms with E-state index in [0.29, 0.717) is 5.82 Å². The third-order valence-electron chi connectivity index (χ3n) is 2.08. The molecule has 1 rings (SSSR count). The monoisotopic (exact) mass is 209 g/mol. The molecule has 1 heterocycles. The van der Waals surface area contributed by atoms with Gasteiger partial charge in [-0.1, -0.05) is 7.43 Å². The van der Waals surface area contributed by atoms with Crippen LogP contribution in [0.3, 0.4) is 0 Å². The van der Waals surface area contributed by atoms with Crippen LogP contribution in [0.1, 0.15) is 25.1 Å². The van der Waals surface area contributed by atoms with Crippen LogP contribution in [-0.2, 0) is 6.42 Å². The molecule has 3 heteroatoms. The first-order chi connectivity index (χ1) is 6.58.